The molecule has 4 rings (SSSR count). The van der Waals surface area contributed by atoms with Crippen LogP contribution in [0.5, 0.6) is 0 Å². The lowest BCUT2D eigenvalue weighted by Crippen LogP contribution is -2.41. The second-order valence-electron chi connectivity index (χ2n) is 8.22. The fraction of sp³-hybridized carbons (Fsp3) is 0.391. The number of sulfonamides is 1. The monoisotopic (exact) mass is 441 g/mol. The van der Waals surface area contributed by atoms with Gasteiger partial charge >= 0.3 is 0 Å². The minimum Gasteiger partial charge on any atom is -0.326 e. The van der Waals surface area contributed by atoms with Crippen molar-refractivity contribution in [2.45, 2.75) is 56.4 Å². The smallest absolute Gasteiger partial charge is 0.255 e. The van der Waals surface area contributed by atoms with E-state index in [1.807, 2.05) is 13.0 Å². The van der Waals surface area contributed by atoms with Crippen LogP contribution in [0.4, 0.5) is 11.4 Å². The number of benzene rings is 2. The molecule has 31 heavy (non-hydrogen) atoms. The number of amides is 2. The average molecular weight is 442 g/mol. The van der Waals surface area contributed by atoms with E-state index < -0.39 is 10.0 Å². The van der Waals surface area contributed by atoms with Crippen LogP contribution in [0.15, 0.2) is 47.4 Å². The lowest BCUT2D eigenvalue weighted by Gasteiger charge is -2.32. The van der Waals surface area contributed by atoms with Gasteiger partial charge in [-0.1, -0.05) is 12.5 Å². The number of hydrogen-bond acceptors (Lipinski definition) is 4. The molecule has 1 saturated heterocycles. The summed E-state index contributed by atoms with van der Waals surface area (Å²) in [6.45, 7) is 2.43. The number of nitrogens with zero attached hydrogens (tertiary/aromatic N) is 1. The van der Waals surface area contributed by atoms with E-state index in [-0.39, 0.29) is 28.3 Å². The molecule has 7 nitrogen and oxygen atoms in total. The first kappa shape index (κ1) is 21.5. The summed E-state index contributed by atoms with van der Waals surface area (Å²) in [5.41, 5.74) is 2.63. The molecule has 8 heteroatoms. The Labute approximate surface area is 182 Å². The average Bonchev–Trinajstić information content (AvgIpc) is 2.94. The maximum Gasteiger partial charge on any atom is 0.255 e. The van der Waals surface area contributed by atoms with Crippen LogP contribution >= 0.6 is 0 Å². The third-order valence-electron chi connectivity index (χ3n) is 5.93. The van der Waals surface area contributed by atoms with Gasteiger partial charge in [0.2, 0.25) is 15.9 Å². The van der Waals surface area contributed by atoms with Crippen LogP contribution in [0.25, 0.3) is 0 Å². The molecule has 2 aromatic rings. The maximum atomic E-state index is 13.1. The van der Waals surface area contributed by atoms with E-state index >= 15 is 0 Å². The maximum absolute atomic E-state index is 13.1. The Balaban J connectivity index is 1.54. The van der Waals surface area contributed by atoms with E-state index in [1.165, 1.54) is 10.4 Å². The SMILES string of the molecule is CC1CCCCN1S(=O)(=O)c1cccc(C(=O)Nc2ccc3c(c2)CCCC(=O)N3)c1. The lowest BCUT2D eigenvalue weighted by atomic mass is 10.1. The number of hydrogen-bond donors (Lipinski definition) is 2. The molecule has 2 N–H and O–H groups in total. The van der Waals surface area contributed by atoms with Gasteiger partial charge in [0, 0.05) is 35.9 Å². The van der Waals surface area contributed by atoms with Crippen molar-refractivity contribution in [1.82, 2.24) is 4.31 Å². The molecule has 2 amide bonds. The normalized spacial score (nSPS) is 19.8. The molecular weight excluding hydrogens is 414 g/mol. The molecule has 0 bridgehead atoms. The molecule has 0 spiro atoms. The van der Waals surface area contributed by atoms with Gasteiger partial charge in [0.05, 0.1) is 4.90 Å². The van der Waals surface area contributed by atoms with E-state index in [9.17, 15) is 18.0 Å². The molecular formula is C23H27N3O4S. The van der Waals surface area contributed by atoms with Crippen LogP contribution in [0.3, 0.4) is 0 Å². The molecule has 1 atom stereocenters. The molecule has 1 unspecified atom stereocenters. The Hall–Kier alpha value is -2.71. The molecule has 164 valence electrons. The highest BCUT2D eigenvalue weighted by molar-refractivity contribution is 7.89. The van der Waals surface area contributed by atoms with Crippen LogP contribution in [0.1, 0.15) is 54.9 Å². The summed E-state index contributed by atoms with van der Waals surface area (Å²) >= 11 is 0. The zero-order valence-electron chi connectivity index (χ0n) is 17.6. The first-order valence-electron chi connectivity index (χ1n) is 10.7. The van der Waals surface area contributed by atoms with Gasteiger partial charge in [-0.3, -0.25) is 9.59 Å². The first-order valence-corrected chi connectivity index (χ1v) is 12.1. The number of aryl methyl sites for hydroxylation is 1. The van der Waals surface area contributed by atoms with Crippen LogP contribution in [-0.2, 0) is 21.2 Å². The topological polar surface area (TPSA) is 95.6 Å². The fourth-order valence-corrected chi connectivity index (χ4v) is 5.96. The Morgan fingerprint density at radius 1 is 1.10 bits per heavy atom. The van der Waals surface area contributed by atoms with Crippen LogP contribution in [-0.4, -0.2) is 37.1 Å². The van der Waals surface area contributed by atoms with Gasteiger partial charge in [0.25, 0.3) is 5.91 Å². The van der Waals surface area contributed by atoms with E-state index in [4.69, 9.17) is 0 Å². The minimum atomic E-state index is -3.65. The predicted molar refractivity (Wildman–Crippen MR) is 120 cm³/mol. The van der Waals surface area contributed by atoms with Gasteiger partial charge < -0.3 is 10.6 Å². The van der Waals surface area contributed by atoms with Crippen molar-refractivity contribution in [3.63, 3.8) is 0 Å². The highest BCUT2D eigenvalue weighted by Crippen LogP contribution is 2.27. The van der Waals surface area contributed by atoms with Crippen molar-refractivity contribution in [1.29, 1.82) is 0 Å². The highest BCUT2D eigenvalue weighted by atomic mass is 32.2. The summed E-state index contributed by atoms with van der Waals surface area (Å²) in [6.07, 6.45) is 4.71. The molecule has 0 saturated carbocycles. The van der Waals surface area contributed by atoms with Gasteiger partial charge in [0.15, 0.2) is 0 Å². The molecule has 2 aromatic carbocycles. The first-order chi connectivity index (χ1) is 14.8. The van der Waals surface area contributed by atoms with Gasteiger partial charge in [-0.25, -0.2) is 8.42 Å². The molecule has 0 aromatic heterocycles. The van der Waals surface area contributed by atoms with Gasteiger partial charge in [-0.05, 0) is 74.6 Å². The number of nitrogens with one attached hydrogen (secondary N) is 2. The molecule has 1 fully saturated rings. The Bertz CT molecular complexity index is 1110. The van der Waals surface area contributed by atoms with Gasteiger partial charge in [0.1, 0.15) is 0 Å². The molecule has 2 aliphatic heterocycles. The summed E-state index contributed by atoms with van der Waals surface area (Å²) in [6, 6.07) is 11.5. The van der Waals surface area contributed by atoms with Crippen molar-refractivity contribution in [2.24, 2.45) is 0 Å². The number of anilines is 2. The van der Waals surface area contributed by atoms with Crippen molar-refractivity contribution in [3.8, 4) is 0 Å². The van der Waals surface area contributed by atoms with Crippen molar-refractivity contribution in [2.75, 3.05) is 17.2 Å². The molecule has 0 aliphatic carbocycles. The summed E-state index contributed by atoms with van der Waals surface area (Å²) in [4.78, 5) is 24.7. The van der Waals surface area contributed by atoms with Crippen molar-refractivity contribution in [3.05, 3.63) is 53.6 Å². The number of piperidine rings is 1. The van der Waals surface area contributed by atoms with Crippen molar-refractivity contribution >= 4 is 33.2 Å². The minimum absolute atomic E-state index is 0.00316. The number of carbonyl (C=O) groups excluding carboxylic acids is 2. The zero-order chi connectivity index (χ0) is 22.0. The quantitative estimate of drug-likeness (QED) is 0.755. The van der Waals surface area contributed by atoms with E-state index in [2.05, 4.69) is 10.6 Å². The fourth-order valence-electron chi connectivity index (χ4n) is 4.22. The van der Waals surface area contributed by atoms with Crippen LogP contribution in [0, 0.1) is 0 Å². The van der Waals surface area contributed by atoms with Gasteiger partial charge in [-0.15, -0.1) is 0 Å². The van der Waals surface area contributed by atoms with E-state index in [1.54, 1.807) is 30.3 Å². The van der Waals surface area contributed by atoms with E-state index in [0.717, 1.165) is 43.4 Å². The zero-order valence-corrected chi connectivity index (χ0v) is 18.4. The number of carbonyl (C=O) groups is 2. The highest BCUT2D eigenvalue weighted by Gasteiger charge is 2.31. The van der Waals surface area contributed by atoms with Crippen LogP contribution in [0.2, 0.25) is 0 Å². The molecule has 2 heterocycles. The number of fused-ring (bicyclic) bond motifs is 1. The summed E-state index contributed by atoms with van der Waals surface area (Å²) in [7, 11) is -3.65. The predicted octanol–water partition coefficient (Wildman–Crippen LogP) is 3.78. The summed E-state index contributed by atoms with van der Waals surface area (Å²) in [5.74, 6) is -0.377. The Kier molecular flexibility index (Phi) is 6.11. The summed E-state index contributed by atoms with van der Waals surface area (Å²) < 4.78 is 27.8. The Morgan fingerprint density at radius 3 is 2.74 bits per heavy atom. The second-order valence-corrected chi connectivity index (χ2v) is 10.1. The lowest BCUT2D eigenvalue weighted by molar-refractivity contribution is -0.116. The van der Waals surface area contributed by atoms with Gasteiger partial charge in [-0.2, -0.15) is 4.31 Å². The largest absolute Gasteiger partial charge is 0.326 e. The van der Waals surface area contributed by atoms with Crippen molar-refractivity contribution < 1.29 is 18.0 Å². The van der Waals surface area contributed by atoms with E-state index in [0.29, 0.717) is 18.7 Å². The third kappa shape index (κ3) is 4.65. The second kappa shape index (κ2) is 8.80. The third-order valence-corrected chi connectivity index (χ3v) is 7.94. The molecule has 2 aliphatic rings. The standard InChI is InChI=1S/C23H27N3O4S/c1-16-6-2-3-13-26(16)31(29,30)20-9-4-8-18(15-20)23(28)24-19-11-12-21-17(14-19)7-5-10-22(27)25-21/h4,8-9,11-12,14-16H,2-3,5-7,10,13H2,1H3,(H,24,28)(H,25,27). The molecule has 0 radical (unpaired) electrons. The van der Waals surface area contributed by atoms with Crippen LogP contribution < -0.4 is 10.6 Å². The summed E-state index contributed by atoms with van der Waals surface area (Å²) in [5, 5.41) is 5.72. The number of rotatable bonds is 4. The Morgan fingerprint density at radius 2 is 1.94 bits per heavy atom.